The van der Waals surface area contributed by atoms with Gasteiger partial charge in [-0.25, -0.2) is 12.4 Å². The molecule has 0 aliphatic carbocycles. The number of benzene rings is 1. The second kappa shape index (κ2) is 4.83. The van der Waals surface area contributed by atoms with Crippen LogP contribution >= 0.6 is 0 Å². The summed E-state index contributed by atoms with van der Waals surface area (Å²) in [6.07, 6.45) is 1.49. The van der Waals surface area contributed by atoms with E-state index in [2.05, 4.69) is 0 Å². The van der Waals surface area contributed by atoms with Crippen LogP contribution in [-0.4, -0.2) is 17.5 Å². The van der Waals surface area contributed by atoms with Crippen LogP contribution in [0.5, 0.6) is 0 Å². The molecule has 1 aromatic carbocycles. The highest BCUT2D eigenvalue weighted by Gasteiger charge is 2.21. The maximum Gasteiger partial charge on any atom is 0.267 e. The minimum absolute atomic E-state index is 0.164. The Balaban J connectivity index is 2.60. The van der Waals surface area contributed by atoms with E-state index in [1.807, 2.05) is 13.8 Å². The zero-order chi connectivity index (χ0) is 14.2. The average Bonchev–Trinajstić information content (AvgIpc) is 2.67. The van der Waals surface area contributed by atoms with Crippen molar-refractivity contribution in [2.75, 3.05) is 0 Å². The van der Waals surface area contributed by atoms with Crippen molar-refractivity contribution in [3.63, 3.8) is 0 Å². The number of hydrogen-bond acceptors (Lipinski definition) is 3. The van der Waals surface area contributed by atoms with E-state index in [-0.39, 0.29) is 11.5 Å². The Morgan fingerprint density at radius 3 is 2.16 bits per heavy atom. The maximum absolute atomic E-state index is 12.5. The van der Waals surface area contributed by atoms with Crippen LogP contribution < -0.4 is 0 Å². The van der Waals surface area contributed by atoms with Crippen LogP contribution in [0.1, 0.15) is 22.4 Å². The summed E-state index contributed by atoms with van der Waals surface area (Å²) in [5, 5.41) is 9.22. The monoisotopic (exact) mass is 279 g/mol. The summed E-state index contributed by atoms with van der Waals surface area (Å²) in [5.74, 6) is 0. The lowest BCUT2D eigenvalue weighted by Gasteiger charge is -2.08. The van der Waals surface area contributed by atoms with Gasteiger partial charge in [-0.2, -0.15) is 0 Å². The highest BCUT2D eigenvalue weighted by atomic mass is 32.2. The van der Waals surface area contributed by atoms with E-state index in [1.54, 1.807) is 31.2 Å². The highest BCUT2D eigenvalue weighted by Crippen LogP contribution is 2.22. The van der Waals surface area contributed by atoms with E-state index in [1.165, 1.54) is 10.2 Å². The van der Waals surface area contributed by atoms with Gasteiger partial charge >= 0.3 is 0 Å². The van der Waals surface area contributed by atoms with E-state index in [0.717, 1.165) is 11.1 Å². The number of hydrogen-bond donors (Lipinski definition) is 1. The summed E-state index contributed by atoms with van der Waals surface area (Å²) in [7, 11) is -3.59. The molecule has 0 saturated heterocycles. The third kappa shape index (κ3) is 2.31. The lowest BCUT2D eigenvalue weighted by molar-refractivity contribution is 0.281. The van der Waals surface area contributed by atoms with Gasteiger partial charge in [0.2, 0.25) is 0 Å². The van der Waals surface area contributed by atoms with Crippen molar-refractivity contribution in [2.24, 2.45) is 0 Å². The minimum atomic E-state index is -3.59. The van der Waals surface area contributed by atoms with Crippen LogP contribution in [0, 0.1) is 20.8 Å². The van der Waals surface area contributed by atoms with Gasteiger partial charge in [-0.05, 0) is 44.0 Å². The first-order chi connectivity index (χ1) is 8.87. The molecule has 0 unspecified atom stereocenters. The molecule has 0 aliphatic heterocycles. The third-order valence-electron chi connectivity index (χ3n) is 3.38. The van der Waals surface area contributed by atoms with Gasteiger partial charge in [0, 0.05) is 11.9 Å². The molecule has 1 heterocycles. The van der Waals surface area contributed by atoms with Gasteiger partial charge in [-0.3, -0.25) is 0 Å². The molecule has 1 N–H and O–H groups in total. The molecule has 5 heteroatoms. The van der Waals surface area contributed by atoms with Gasteiger partial charge < -0.3 is 5.11 Å². The van der Waals surface area contributed by atoms with Crippen molar-refractivity contribution in [1.29, 1.82) is 0 Å². The van der Waals surface area contributed by atoms with E-state index >= 15 is 0 Å². The second-order valence-corrected chi connectivity index (χ2v) is 6.45. The van der Waals surface area contributed by atoms with E-state index in [9.17, 15) is 13.5 Å². The summed E-state index contributed by atoms with van der Waals surface area (Å²) in [5.41, 5.74) is 3.08. The largest absolute Gasteiger partial charge is 0.392 e. The minimum Gasteiger partial charge on any atom is -0.392 e. The summed E-state index contributed by atoms with van der Waals surface area (Å²) in [6, 6.07) is 6.73. The Kier molecular flexibility index (Phi) is 3.52. The Hall–Kier alpha value is -1.59. The average molecular weight is 279 g/mol. The van der Waals surface area contributed by atoms with Crippen LogP contribution in [0.15, 0.2) is 35.4 Å². The zero-order valence-electron chi connectivity index (χ0n) is 11.2. The van der Waals surface area contributed by atoms with Gasteiger partial charge in [0.1, 0.15) is 0 Å². The van der Waals surface area contributed by atoms with Crippen molar-refractivity contribution >= 4 is 10.0 Å². The van der Waals surface area contributed by atoms with Gasteiger partial charge in [0.05, 0.1) is 11.5 Å². The molecule has 4 nitrogen and oxygen atoms in total. The number of aliphatic hydroxyl groups is 1. The smallest absolute Gasteiger partial charge is 0.267 e. The first-order valence-electron chi connectivity index (χ1n) is 5.98. The zero-order valence-corrected chi connectivity index (χ0v) is 12.0. The molecule has 2 aromatic rings. The fourth-order valence-electron chi connectivity index (χ4n) is 1.97. The molecule has 0 spiro atoms. The predicted octanol–water partition coefficient (Wildman–Crippen LogP) is 2.14. The molecule has 19 heavy (non-hydrogen) atoms. The first kappa shape index (κ1) is 13.8. The Bertz CT molecular complexity index is 697. The summed E-state index contributed by atoms with van der Waals surface area (Å²) in [6.45, 7) is 5.29. The van der Waals surface area contributed by atoms with E-state index in [4.69, 9.17) is 0 Å². The molecule has 0 saturated carbocycles. The van der Waals surface area contributed by atoms with Crippen molar-refractivity contribution < 1.29 is 13.5 Å². The standard InChI is InChI=1S/C14H17NO3S/c1-10-4-6-14(7-5-10)19(17,18)15-8-13(9-16)11(2)12(15)3/h4-8,16H,9H2,1-3H3. The fraction of sp³-hybridized carbons (Fsp3) is 0.286. The van der Waals surface area contributed by atoms with Crippen molar-refractivity contribution in [2.45, 2.75) is 32.3 Å². The molecule has 0 aliphatic rings. The summed E-state index contributed by atoms with van der Waals surface area (Å²) >= 11 is 0. The van der Waals surface area contributed by atoms with E-state index in [0.29, 0.717) is 11.3 Å². The van der Waals surface area contributed by atoms with Crippen molar-refractivity contribution in [1.82, 2.24) is 3.97 Å². The van der Waals surface area contributed by atoms with Gasteiger partial charge in [0.15, 0.2) is 0 Å². The lowest BCUT2D eigenvalue weighted by Crippen LogP contribution is -2.13. The Morgan fingerprint density at radius 2 is 1.68 bits per heavy atom. The summed E-state index contributed by atoms with van der Waals surface area (Å²) < 4.78 is 26.3. The number of aromatic nitrogens is 1. The number of aliphatic hydroxyl groups excluding tert-OH is 1. The van der Waals surface area contributed by atoms with Crippen LogP contribution in [0.4, 0.5) is 0 Å². The lowest BCUT2D eigenvalue weighted by atomic mass is 10.2. The normalized spacial score (nSPS) is 11.8. The van der Waals surface area contributed by atoms with Crippen molar-refractivity contribution in [3.8, 4) is 0 Å². The second-order valence-electron chi connectivity index (χ2n) is 4.64. The van der Waals surface area contributed by atoms with Gasteiger partial charge in [0.25, 0.3) is 10.0 Å². The molecule has 1 aromatic heterocycles. The first-order valence-corrected chi connectivity index (χ1v) is 7.42. The molecule has 0 fully saturated rings. The van der Waals surface area contributed by atoms with Crippen LogP contribution in [-0.2, 0) is 16.6 Å². The third-order valence-corrected chi connectivity index (χ3v) is 5.14. The molecule has 0 atom stereocenters. The summed E-state index contributed by atoms with van der Waals surface area (Å²) in [4.78, 5) is 0.251. The van der Waals surface area contributed by atoms with E-state index < -0.39 is 10.0 Å². The number of rotatable bonds is 3. The van der Waals surface area contributed by atoms with Gasteiger partial charge in [-0.15, -0.1) is 0 Å². The molecule has 0 bridgehead atoms. The number of aryl methyl sites for hydroxylation is 1. The molecular formula is C14H17NO3S. The molecule has 2 rings (SSSR count). The number of nitrogens with zero attached hydrogens (tertiary/aromatic N) is 1. The molecule has 0 amide bonds. The topological polar surface area (TPSA) is 59.3 Å². The highest BCUT2D eigenvalue weighted by molar-refractivity contribution is 7.90. The fourth-order valence-corrected chi connectivity index (χ4v) is 3.44. The van der Waals surface area contributed by atoms with Crippen molar-refractivity contribution in [3.05, 3.63) is 52.8 Å². The Labute approximate surface area is 113 Å². The SMILES string of the molecule is Cc1ccc(S(=O)(=O)n2cc(CO)c(C)c2C)cc1. The van der Waals surface area contributed by atoms with Crippen LogP contribution in [0.25, 0.3) is 0 Å². The Morgan fingerprint density at radius 1 is 1.11 bits per heavy atom. The van der Waals surface area contributed by atoms with Gasteiger partial charge in [-0.1, -0.05) is 17.7 Å². The quantitative estimate of drug-likeness (QED) is 0.936. The molecule has 102 valence electrons. The van der Waals surface area contributed by atoms with Crippen LogP contribution in [0.3, 0.4) is 0 Å². The molecular weight excluding hydrogens is 262 g/mol. The molecule has 0 radical (unpaired) electrons. The van der Waals surface area contributed by atoms with Crippen LogP contribution in [0.2, 0.25) is 0 Å². The maximum atomic E-state index is 12.5. The predicted molar refractivity (Wildman–Crippen MR) is 73.6 cm³/mol.